The first kappa shape index (κ1) is 20.7. The van der Waals surface area contributed by atoms with Crippen LogP contribution in [0.2, 0.25) is 0 Å². The molecule has 27 heavy (non-hydrogen) atoms. The number of phenols is 1. The quantitative estimate of drug-likeness (QED) is 0.446. The molecule has 2 amide bonds. The van der Waals surface area contributed by atoms with E-state index in [1.165, 1.54) is 12.1 Å². The number of hydrogen-bond acceptors (Lipinski definition) is 5. The van der Waals surface area contributed by atoms with E-state index < -0.39 is 24.0 Å². The van der Waals surface area contributed by atoms with Crippen LogP contribution in [0.15, 0.2) is 24.3 Å². The van der Waals surface area contributed by atoms with Gasteiger partial charge in [-0.3, -0.25) is 9.59 Å². The van der Waals surface area contributed by atoms with Gasteiger partial charge in [0.2, 0.25) is 11.8 Å². The normalized spacial score (nSPS) is 18.7. The Kier molecular flexibility index (Phi) is 7.18. The SMILES string of the molecule is CC(C)[C@H](NC(=O)[C@H](Cc1ccc(O)cc1)NC(=O)[C@@H]1CCCN1)C(=O)O. The predicted molar refractivity (Wildman–Crippen MR) is 99.2 cm³/mol. The zero-order chi connectivity index (χ0) is 20.0. The van der Waals surface area contributed by atoms with Crippen molar-refractivity contribution in [1.82, 2.24) is 16.0 Å². The number of carbonyl (C=O) groups is 3. The molecule has 0 spiro atoms. The minimum Gasteiger partial charge on any atom is -0.508 e. The van der Waals surface area contributed by atoms with Gasteiger partial charge in [-0.25, -0.2) is 4.79 Å². The lowest BCUT2D eigenvalue weighted by molar-refractivity contribution is -0.143. The number of carboxylic acids is 1. The van der Waals surface area contributed by atoms with Crippen LogP contribution in [0.1, 0.15) is 32.3 Å². The summed E-state index contributed by atoms with van der Waals surface area (Å²) in [4.78, 5) is 36.6. The molecule has 5 N–H and O–H groups in total. The van der Waals surface area contributed by atoms with Crippen LogP contribution in [-0.4, -0.2) is 52.7 Å². The van der Waals surface area contributed by atoms with Crippen LogP contribution in [0.5, 0.6) is 5.75 Å². The van der Waals surface area contributed by atoms with Crippen molar-refractivity contribution in [2.75, 3.05) is 6.54 Å². The smallest absolute Gasteiger partial charge is 0.326 e. The first-order chi connectivity index (χ1) is 12.8. The van der Waals surface area contributed by atoms with E-state index >= 15 is 0 Å². The van der Waals surface area contributed by atoms with Crippen molar-refractivity contribution in [1.29, 1.82) is 0 Å². The molecule has 1 aliphatic heterocycles. The van der Waals surface area contributed by atoms with Gasteiger partial charge >= 0.3 is 5.97 Å². The number of nitrogens with one attached hydrogen (secondary N) is 3. The number of phenolic OH excluding ortho intramolecular Hbond substituents is 1. The molecule has 1 saturated heterocycles. The Morgan fingerprint density at radius 3 is 2.37 bits per heavy atom. The second-order valence-corrected chi connectivity index (χ2v) is 7.15. The zero-order valence-electron chi connectivity index (χ0n) is 15.6. The maximum Gasteiger partial charge on any atom is 0.326 e. The Morgan fingerprint density at radius 1 is 1.19 bits per heavy atom. The van der Waals surface area contributed by atoms with Crippen LogP contribution in [-0.2, 0) is 20.8 Å². The van der Waals surface area contributed by atoms with Gasteiger partial charge < -0.3 is 26.2 Å². The number of carboxylic acid groups (broad SMARTS) is 1. The van der Waals surface area contributed by atoms with E-state index in [1.807, 2.05) is 0 Å². The van der Waals surface area contributed by atoms with Crippen LogP contribution in [0.4, 0.5) is 0 Å². The van der Waals surface area contributed by atoms with Gasteiger partial charge in [-0.1, -0.05) is 26.0 Å². The Hall–Kier alpha value is -2.61. The molecule has 1 heterocycles. The van der Waals surface area contributed by atoms with Gasteiger partial charge in [-0.2, -0.15) is 0 Å². The van der Waals surface area contributed by atoms with E-state index in [1.54, 1.807) is 26.0 Å². The molecule has 0 saturated carbocycles. The number of benzene rings is 1. The summed E-state index contributed by atoms with van der Waals surface area (Å²) in [6, 6.07) is 4.02. The topological polar surface area (TPSA) is 128 Å². The molecular formula is C19H27N3O5. The fourth-order valence-corrected chi connectivity index (χ4v) is 3.03. The lowest BCUT2D eigenvalue weighted by atomic mass is 10.0. The molecule has 0 radical (unpaired) electrons. The van der Waals surface area contributed by atoms with Crippen molar-refractivity contribution in [2.45, 2.75) is 51.2 Å². The van der Waals surface area contributed by atoms with Crippen molar-refractivity contribution >= 4 is 17.8 Å². The van der Waals surface area contributed by atoms with E-state index in [4.69, 9.17) is 0 Å². The molecule has 1 aliphatic rings. The van der Waals surface area contributed by atoms with E-state index in [2.05, 4.69) is 16.0 Å². The summed E-state index contributed by atoms with van der Waals surface area (Å²) in [6.45, 7) is 4.16. The van der Waals surface area contributed by atoms with Crippen LogP contribution in [0.3, 0.4) is 0 Å². The van der Waals surface area contributed by atoms with Crippen LogP contribution >= 0.6 is 0 Å². The molecule has 0 aromatic heterocycles. The van der Waals surface area contributed by atoms with Crippen molar-refractivity contribution in [3.05, 3.63) is 29.8 Å². The average Bonchev–Trinajstić information content (AvgIpc) is 3.14. The van der Waals surface area contributed by atoms with Gasteiger partial charge in [0.25, 0.3) is 0 Å². The predicted octanol–water partition coefficient (Wildman–Crippen LogP) is 0.397. The highest BCUT2D eigenvalue weighted by molar-refractivity contribution is 5.92. The number of hydrogen-bond donors (Lipinski definition) is 5. The maximum atomic E-state index is 12.7. The standard InChI is InChI=1S/C19H27N3O5/c1-11(2)16(19(26)27)22-18(25)15(10-12-5-7-13(23)8-6-12)21-17(24)14-4-3-9-20-14/h5-8,11,14-16,20,23H,3-4,9-10H2,1-2H3,(H,21,24)(H,22,25)(H,26,27)/t14-,15-,16-/m0/s1. The summed E-state index contributed by atoms with van der Waals surface area (Å²) in [6.07, 6.45) is 1.78. The van der Waals surface area contributed by atoms with Gasteiger partial charge in [0.15, 0.2) is 0 Å². The monoisotopic (exact) mass is 377 g/mol. The molecule has 0 unspecified atom stereocenters. The Balaban J connectivity index is 2.13. The molecule has 1 aromatic carbocycles. The Bertz CT molecular complexity index is 668. The molecule has 8 nitrogen and oxygen atoms in total. The van der Waals surface area contributed by atoms with Gasteiger partial charge in [0, 0.05) is 6.42 Å². The van der Waals surface area contributed by atoms with Crippen molar-refractivity contribution < 1.29 is 24.6 Å². The van der Waals surface area contributed by atoms with E-state index in [9.17, 15) is 24.6 Å². The highest BCUT2D eigenvalue weighted by atomic mass is 16.4. The molecule has 0 aliphatic carbocycles. The van der Waals surface area contributed by atoms with E-state index in [0.29, 0.717) is 6.42 Å². The maximum absolute atomic E-state index is 12.7. The van der Waals surface area contributed by atoms with Crippen LogP contribution in [0, 0.1) is 5.92 Å². The lowest BCUT2D eigenvalue weighted by Crippen LogP contribution is -2.56. The van der Waals surface area contributed by atoms with Crippen molar-refractivity contribution in [2.24, 2.45) is 5.92 Å². The second kappa shape index (κ2) is 9.36. The third-order valence-electron chi connectivity index (χ3n) is 4.62. The number of amides is 2. The number of aromatic hydroxyl groups is 1. The summed E-state index contributed by atoms with van der Waals surface area (Å²) < 4.78 is 0. The molecule has 1 aromatic rings. The minimum absolute atomic E-state index is 0.102. The third-order valence-corrected chi connectivity index (χ3v) is 4.62. The summed E-state index contributed by atoms with van der Waals surface area (Å²) in [7, 11) is 0. The molecule has 148 valence electrons. The first-order valence-corrected chi connectivity index (χ1v) is 9.12. The first-order valence-electron chi connectivity index (χ1n) is 9.12. The number of rotatable bonds is 8. The molecule has 1 fully saturated rings. The summed E-state index contributed by atoms with van der Waals surface area (Å²) in [5.74, 6) is -2.14. The fraction of sp³-hybridized carbons (Fsp3) is 0.526. The minimum atomic E-state index is -1.12. The van der Waals surface area contributed by atoms with E-state index in [0.717, 1.165) is 18.5 Å². The van der Waals surface area contributed by atoms with Crippen molar-refractivity contribution in [3.63, 3.8) is 0 Å². The largest absolute Gasteiger partial charge is 0.508 e. The highest BCUT2D eigenvalue weighted by Crippen LogP contribution is 2.13. The Labute approximate surface area is 158 Å². The van der Waals surface area contributed by atoms with Gasteiger partial charge in [-0.15, -0.1) is 0 Å². The van der Waals surface area contributed by atoms with Gasteiger partial charge in [0.1, 0.15) is 17.8 Å². The van der Waals surface area contributed by atoms with Gasteiger partial charge in [-0.05, 0) is 43.0 Å². The third kappa shape index (κ3) is 5.96. The molecule has 8 heteroatoms. The van der Waals surface area contributed by atoms with Crippen molar-refractivity contribution in [3.8, 4) is 5.75 Å². The van der Waals surface area contributed by atoms with Crippen LogP contribution < -0.4 is 16.0 Å². The number of carbonyl (C=O) groups excluding carboxylic acids is 2. The number of aliphatic carboxylic acids is 1. The Morgan fingerprint density at radius 2 is 1.85 bits per heavy atom. The van der Waals surface area contributed by atoms with Gasteiger partial charge in [0.05, 0.1) is 6.04 Å². The molecular weight excluding hydrogens is 350 g/mol. The molecule has 0 bridgehead atoms. The summed E-state index contributed by atoms with van der Waals surface area (Å²) in [5, 5.41) is 27.1. The lowest BCUT2D eigenvalue weighted by Gasteiger charge is -2.24. The van der Waals surface area contributed by atoms with Crippen LogP contribution in [0.25, 0.3) is 0 Å². The summed E-state index contributed by atoms with van der Waals surface area (Å²) in [5.41, 5.74) is 0.740. The summed E-state index contributed by atoms with van der Waals surface area (Å²) >= 11 is 0. The van der Waals surface area contributed by atoms with E-state index in [-0.39, 0.29) is 30.0 Å². The molecule has 2 rings (SSSR count). The fourth-order valence-electron chi connectivity index (χ4n) is 3.03. The highest BCUT2D eigenvalue weighted by Gasteiger charge is 2.31. The average molecular weight is 377 g/mol. The zero-order valence-corrected chi connectivity index (χ0v) is 15.6. The second-order valence-electron chi connectivity index (χ2n) is 7.15. The molecule has 3 atom stereocenters.